The number of aryl methyl sites for hydroxylation is 2. The van der Waals surface area contributed by atoms with E-state index in [0.717, 1.165) is 36.6 Å². The van der Waals surface area contributed by atoms with Crippen LogP contribution in [0.3, 0.4) is 0 Å². The summed E-state index contributed by atoms with van der Waals surface area (Å²) in [4.78, 5) is 14.7. The fraction of sp³-hybridized carbons (Fsp3) is 0.500. The van der Waals surface area contributed by atoms with Gasteiger partial charge < -0.3 is 9.88 Å². The zero-order chi connectivity index (χ0) is 17.1. The molecule has 24 heavy (non-hydrogen) atoms. The standard InChI is InChI=1S/C18H25N5O/c1-13-7-9-14(10-8-13)17(22(2)3)18(24)19-12-16-21-20-15-6-4-5-11-23(15)16/h7-10,17H,4-6,11-12H2,1-3H3,(H,19,24). The summed E-state index contributed by atoms with van der Waals surface area (Å²) in [6, 6.07) is 7.79. The highest BCUT2D eigenvalue weighted by Gasteiger charge is 2.23. The molecule has 0 fully saturated rings. The summed E-state index contributed by atoms with van der Waals surface area (Å²) < 4.78 is 2.14. The number of fused-ring (bicyclic) bond motifs is 1. The topological polar surface area (TPSA) is 63.1 Å². The van der Waals surface area contributed by atoms with Crippen molar-refractivity contribution in [1.82, 2.24) is 25.0 Å². The van der Waals surface area contributed by atoms with Crippen molar-refractivity contribution in [1.29, 1.82) is 0 Å². The van der Waals surface area contributed by atoms with E-state index in [1.165, 1.54) is 12.0 Å². The summed E-state index contributed by atoms with van der Waals surface area (Å²) in [6.45, 7) is 3.41. The first-order valence-corrected chi connectivity index (χ1v) is 8.48. The number of rotatable bonds is 5. The van der Waals surface area contributed by atoms with Gasteiger partial charge in [0.2, 0.25) is 5.91 Å². The van der Waals surface area contributed by atoms with Crippen LogP contribution in [0.15, 0.2) is 24.3 Å². The number of carbonyl (C=O) groups is 1. The van der Waals surface area contributed by atoms with E-state index in [9.17, 15) is 4.79 Å². The zero-order valence-electron chi connectivity index (χ0n) is 14.6. The van der Waals surface area contributed by atoms with Crippen LogP contribution in [-0.2, 0) is 24.3 Å². The fourth-order valence-electron chi connectivity index (χ4n) is 3.19. The highest BCUT2D eigenvalue weighted by atomic mass is 16.2. The van der Waals surface area contributed by atoms with Gasteiger partial charge in [0, 0.05) is 13.0 Å². The first-order chi connectivity index (χ1) is 11.6. The summed E-state index contributed by atoms with van der Waals surface area (Å²) in [5.74, 6) is 1.87. The van der Waals surface area contributed by atoms with Crippen molar-refractivity contribution in [2.24, 2.45) is 0 Å². The molecule has 0 bridgehead atoms. The highest BCUT2D eigenvalue weighted by molar-refractivity contribution is 5.83. The van der Waals surface area contributed by atoms with E-state index in [0.29, 0.717) is 6.54 Å². The molecule has 0 aliphatic carbocycles. The number of hydrogen-bond donors (Lipinski definition) is 1. The molecular formula is C18H25N5O. The van der Waals surface area contributed by atoms with E-state index in [1.807, 2.05) is 50.2 Å². The molecule has 1 atom stereocenters. The van der Waals surface area contributed by atoms with Crippen molar-refractivity contribution in [3.8, 4) is 0 Å². The number of carbonyl (C=O) groups excluding carboxylic acids is 1. The van der Waals surface area contributed by atoms with Gasteiger partial charge in [-0.3, -0.25) is 9.69 Å². The van der Waals surface area contributed by atoms with Crippen molar-refractivity contribution in [2.45, 2.75) is 45.3 Å². The third-order valence-electron chi connectivity index (χ3n) is 4.51. The molecule has 0 saturated heterocycles. The average molecular weight is 327 g/mol. The molecule has 1 aromatic carbocycles. The number of benzene rings is 1. The number of nitrogens with zero attached hydrogens (tertiary/aromatic N) is 4. The Morgan fingerprint density at radius 3 is 2.71 bits per heavy atom. The molecule has 6 heteroatoms. The summed E-state index contributed by atoms with van der Waals surface area (Å²) in [6.07, 6.45) is 3.29. The molecular weight excluding hydrogens is 302 g/mol. The van der Waals surface area contributed by atoms with E-state index in [1.54, 1.807) is 0 Å². The van der Waals surface area contributed by atoms with Crippen LogP contribution in [0.2, 0.25) is 0 Å². The lowest BCUT2D eigenvalue weighted by Gasteiger charge is -2.24. The molecule has 0 saturated carbocycles. The van der Waals surface area contributed by atoms with Crippen molar-refractivity contribution in [3.05, 3.63) is 47.0 Å². The van der Waals surface area contributed by atoms with Gasteiger partial charge in [-0.1, -0.05) is 29.8 Å². The second kappa shape index (κ2) is 7.13. The number of amides is 1. The summed E-state index contributed by atoms with van der Waals surface area (Å²) >= 11 is 0. The van der Waals surface area contributed by atoms with Gasteiger partial charge in [-0.15, -0.1) is 10.2 Å². The molecule has 1 aliphatic rings. The highest BCUT2D eigenvalue weighted by Crippen LogP contribution is 2.19. The van der Waals surface area contributed by atoms with Crippen LogP contribution in [0.5, 0.6) is 0 Å². The van der Waals surface area contributed by atoms with E-state index >= 15 is 0 Å². The minimum absolute atomic E-state index is 0.0167. The van der Waals surface area contributed by atoms with Gasteiger partial charge in [-0.25, -0.2) is 0 Å². The van der Waals surface area contributed by atoms with Gasteiger partial charge in [-0.05, 0) is 39.4 Å². The molecule has 128 valence electrons. The van der Waals surface area contributed by atoms with E-state index < -0.39 is 0 Å². The molecule has 0 radical (unpaired) electrons. The molecule has 2 heterocycles. The molecule has 1 aliphatic heterocycles. The Morgan fingerprint density at radius 2 is 2.00 bits per heavy atom. The summed E-state index contributed by atoms with van der Waals surface area (Å²) in [7, 11) is 3.84. The average Bonchev–Trinajstić information content (AvgIpc) is 2.98. The SMILES string of the molecule is Cc1ccc(C(C(=O)NCc2nnc3n2CCCC3)N(C)C)cc1. The zero-order valence-corrected chi connectivity index (χ0v) is 14.6. The predicted molar refractivity (Wildman–Crippen MR) is 92.4 cm³/mol. The molecule has 0 spiro atoms. The van der Waals surface area contributed by atoms with Gasteiger partial charge >= 0.3 is 0 Å². The Bertz CT molecular complexity index is 705. The molecule has 1 N–H and O–H groups in total. The van der Waals surface area contributed by atoms with E-state index in [-0.39, 0.29) is 11.9 Å². The molecule has 1 amide bonds. The number of aromatic nitrogens is 3. The monoisotopic (exact) mass is 327 g/mol. The third-order valence-corrected chi connectivity index (χ3v) is 4.51. The van der Waals surface area contributed by atoms with Crippen molar-refractivity contribution in [2.75, 3.05) is 14.1 Å². The third kappa shape index (κ3) is 3.48. The molecule has 6 nitrogen and oxygen atoms in total. The minimum Gasteiger partial charge on any atom is -0.347 e. The smallest absolute Gasteiger partial charge is 0.242 e. The number of hydrogen-bond acceptors (Lipinski definition) is 4. The van der Waals surface area contributed by atoms with Crippen LogP contribution < -0.4 is 5.32 Å². The Kier molecular flexibility index (Phi) is 4.94. The van der Waals surface area contributed by atoms with Gasteiger partial charge in [0.05, 0.1) is 6.54 Å². The van der Waals surface area contributed by atoms with Crippen molar-refractivity contribution >= 4 is 5.91 Å². The lowest BCUT2D eigenvalue weighted by atomic mass is 10.0. The van der Waals surface area contributed by atoms with Crippen LogP contribution in [0.25, 0.3) is 0 Å². The van der Waals surface area contributed by atoms with E-state index in [4.69, 9.17) is 0 Å². The van der Waals surface area contributed by atoms with Crippen LogP contribution in [-0.4, -0.2) is 39.7 Å². The van der Waals surface area contributed by atoms with Gasteiger partial charge in [-0.2, -0.15) is 0 Å². The molecule has 2 aromatic rings. The Balaban J connectivity index is 1.70. The fourth-order valence-corrected chi connectivity index (χ4v) is 3.19. The quantitative estimate of drug-likeness (QED) is 0.910. The van der Waals surface area contributed by atoms with Crippen LogP contribution >= 0.6 is 0 Å². The number of likely N-dealkylation sites (N-methyl/N-ethyl adjacent to an activating group) is 1. The Morgan fingerprint density at radius 1 is 1.25 bits per heavy atom. The van der Waals surface area contributed by atoms with Gasteiger partial charge in [0.25, 0.3) is 0 Å². The summed E-state index contributed by atoms with van der Waals surface area (Å²) in [5.41, 5.74) is 2.18. The Hall–Kier alpha value is -2.21. The maximum absolute atomic E-state index is 12.7. The van der Waals surface area contributed by atoms with Crippen molar-refractivity contribution in [3.63, 3.8) is 0 Å². The van der Waals surface area contributed by atoms with Crippen LogP contribution in [0.1, 0.15) is 41.7 Å². The molecule has 3 rings (SSSR count). The predicted octanol–water partition coefficient (Wildman–Crippen LogP) is 1.84. The van der Waals surface area contributed by atoms with Crippen molar-refractivity contribution < 1.29 is 4.79 Å². The largest absolute Gasteiger partial charge is 0.347 e. The van der Waals surface area contributed by atoms with E-state index in [2.05, 4.69) is 20.1 Å². The van der Waals surface area contributed by atoms with Gasteiger partial charge in [0.15, 0.2) is 5.82 Å². The van der Waals surface area contributed by atoms with Crippen LogP contribution in [0.4, 0.5) is 0 Å². The summed E-state index contributed by atoms with van der Waals surface area (Å²) in [5, 5.41) is 11.5. The number of nitrogens with one attached hydrogen (secondary N) is 1. The Labute approximate surface area is 142 Å². The second-order valence-corrected chi connectivity index (χ2v) is 6.64. The van der Waals surface area contributed by atoms with Gasteiger partial charge in [0.1, 0.15) is 11.9 Å². The maximum atomic E-state index is 12.7. The molecule has 1 aromatic heterocycles. The normalized spacial score (nSPS) is 15.2. The first-order valence-electron chi connectivity index (χ1n) is 8.48. The minimum atomic E-state index is -0.311. The lowest BCUT2D eigenvalue weighted by molar-refractivity contribution is -0.126. The second-order valence-electron chi connectivity index (χ2n) is 6.64. The van der Waals surface area contributed by atoms with Crippen LogP contribution in [0, 0.1) is 6.92 Å². The lowest BCUT2D eigenvalue weighted by Crippen LogP contribution is -2.37. The molecule has 1 unspecified atom stereocenters. The first kappa shape index (κ1) is 16.6. The maximum Gasteiger partial charge on any atom is 0.242 e.